The molecule has 342 valence electrons. The Labute approximate surface area is 377 Å². The highest BCUT2D eigenvalue weighted by Gasteiger charge is 2.33. The molecule has 5 N–H and O–H groups in total. The van der Waals surface area contributed by atoms with E-state index in [2.05, 4.69) is 36.0 Å². The quantitative estimate of drug-likeness (QED) is 0.0472. The first-order chi connectivity index (χ1) is 31.3. The van der Waals surface area contributed by atoms with Gasteiger partial charge in [-0.15, -0.1) is 25.6 Å². The molecule has 0 aliphatic heterocycles. The fourth-order valence-electron chi connectivity index (χ4n) is 6.76. The number of phenols is 1. The fraction of sp³-hybridized carbons (Fsp3) is 0.143. The van der Waals surface area contributed by atoms with E-state index in [-0.39, 0.29) is 79.8 Å². The number of hydrogen-bond donors (Lipinski definition) is 5. The number of aromatic hydroxyl groups is 1. The highest BCUT2D eigenvalue weighted by molar-refractivity contribution is 7.95. The molecule has 1 unspecified atom stereocenters. The van der Waals surface area contributed by atoms with Gasteiger partial charge in [0.15, 0.2) is 5.75 Å². The molecule has 0 radical (unpaired) electrons. The predicted molar refractivity (Wildman–Crippen MR) is 242 cm³/mol. The lowest BCUT2D eigenvalue weighted by atomic mass is 9.96. The van der Waals surface area contributed by atoms with Crippen LogP contribution in [-0.2, 0) is 36.8 Å². The number of hydrogen-bond acceptors (Lipinski definition) is 18. The minimum atomic E-state index is -4.93. The second-order valence-corrected chi connectivity index (χ2v) is 18.5. The van der Waals surface area contributed by atoms with Crippen LogP contribution in [0.25, 0.3) is 15.7 Å². The number of methoxy groups -OCH3 is 4. The number of fused-ring (bicyclic) bond motifs is 2. The van der Waals surface area contributed by atoms with Crippen LogP contribution in [0.4, 0.5) is 45.5 Å². The van der Waals surface area contributed by atoms with Crippen LogP contribution in [0.5, 0.6) is 28.7 Å². The van der Waals surface area contributed by atoms with Crippen molar-refractivity contribution in [2.75, 3.05) is 33.8 Å². The lowest BCUT2D eigenvalue weighted by Crippen LogP contribution is -2.26. The number of ether oxygens (including phenoxy) is 4. The molecule has 1 atom stereocenters. The second-order valence-electron chi connectivity index (χ2n) is 14.1. The number of nitrogens with one attached hydrogen (secondary N) is 1. The SMILES string of the molecule is COc1cc(N=Nc2cc(OC)c(N=Nc3c(S(=O)(=O)O)cc4cc(Nc5ccccc5)ccc4c3O)cc2OC)c(OC)cc1N=Nc1ccc2c(c1)C(S(=O)(=O)O)=CC(S(=O)(=O)O)C2. The van der Waals surface area contributed by atoms with Gasteiger partial charge in [0, 0.05) is 46.6 Å². The Kier molecular flexibility index (Phi) is 13.2. The van der Waals surface area contributed by atoms with Gasteiger partial charge in [0.05, 0.1) is 39.0 Å². The molecule has 1 aliphatic rings. The third-order valence-electron chi connectivity index (χ3n) is 9.93. The van der Waals surface area contributed by atoms with Gasteiger partial charge in [-0.2, -0.15) is 30.4 Å². The maximum atomic E-state index is 12.6. The summed E-state index contributed by atoms with van der Waals surface area (Å²) in [6.45, 7) is 0. The minimum Gasteiger partial charge on any atom is -0.505 e. The highest BCUT2D eigenvalue weighted by atomic mass is 32.2. The topological polar surface area (TPSA) is 306 Å². The maximum Gasteiger partial charge on any atom is 0.296 e. The second kappa shape index (κ2) is 18.6. The molecule has 7 rings (SSSR count). The van der Waals surface area contributed by atoms with Gasteiger partial charge in [0.25, 0.3) is 30.4 Å². The van der Waals surface area contributed by atoms with E-state index in [9.17, 15) is 44.0 Å². The van der Waals surface area contributed by atoms with Gasteiger partial charge in [-0.25, -0.2) is 0 Å². The third kappa shape index (κ3) is 10.1. The normalized spacial score (nSPS) is 14.4. The van der Waals surface area contributed by atoms with Gasteiger partial charge in [0.1, 0.15) is 61.6 Å². The molecule has 24 heteroatoms. The van der Waals surface area contributed by atoms with Crippen LogP contribution in [0.3, 0.4) is 0 Å². The van der Waals surface area contributed by atoms with Crippen LogP contribution in [0.1, 0.15) is 11.1 Å². The first kappa shape index (κ1) is 46.6. The number of phenolic OH excluding ortho intramolecular Hbond substituents is 1. The molecule has 0 spiro atoms. The van der Waals surface area contributed by atoms with Crippen LogP contribution < -0.4 is 24.3 Å². The summed E-state index contributed by atoms with van der Waals surface area (Å²) in [7, 11) is -9.14. The van der Waals surface area contributed by atoms with E-state index in [1.54, 1.807) is 18.2 Å². The van der Waals surface area contributed by atoms with Crippen molar-refractivity contribution in [2.24, 2.45) is 30.7 Å². The molecule has 0 aromatic heterocycles. The van der Waals surface area contributed by atoms with E-state index in [1.165, 1.54) is 77.0 Å². The Morgan fingerprint density at radius 1 is 0.576 bits per heavy atom. The number of anilines is 2. The molecule has 0 fully saturated rings. The van der Waals surface area contributed by atoms with E-state index in [4.69, 9.17) is 18.9 Å². The summed E-state index contributed by atoms with van der Waals surface area (Å²) in [5.74, 6) is -0.0961. The van der Waals surface area contributed by atoms with Crippen LogP contribution >= 0.6 is 0 Å². The summed E-state index contributed by atoms with van der Waals surface area (Å²) in [4.78, 5) is -1.42. The number of para-hydroxylation sites is 1. The molecule has 66 heavy (non-hydrogen) atoms. The first-order valence-electron chi connectivity index (χ1n) is 19.0. The lowest BCUT2D eigenvalue weighted by Gasteiger charge is -2.21. The van der Waals surface area contributed by atoms with Crippen LogP contribution in [-0.4, -0.2) is 77.7 Å². The summed E-state index contributed by atoms with van der Waals surface area (Å²) in [6, 6.07) is 25.0. The van der Waals surface area contributed by atoms with Crippen LogP contribution in [0.15, 0.2) is 139 Å². The van der Waals surface area contributed by atoms with E-state index in [0.29, 0.717) is 5.69 Å². The molecule has 0 saturated carbocycles. The minimum absolute atomic E-state index is 0.0110. The van der Waals surface area contributed by atoms with Gasteiger partial charge in [-0.1, -0.05) is 24.3 Å². The molecule has 0 saturated heterocycles. The summed E-state index contributed by atoms with van der Waals surface area (Å²) in [6.07, 6.45) is 0.498. The molecule has 21 nitrogen and oxygen atoms in total. The average Bonchev–Trinajstić information content (AvgIpc) is 3.28. The number of rotatable bonds is 15. The Balaban J connectivity index is 1.17. The van der Waals surface area contributed by atoms with E-state index >= 15 is 0 Å². The van der Waals surface area contributed by atoms with E-state index in [0.717, 1.165) is 11.8 Å². The third-order valence-corrected chi connectivity index (χ3v) is 12.8. The molecule has 1 aliphatic carbocycles. The number of azo groups is 3. The maximum absolute atomic E-state index is 12.6. The largest absolute Gasteiger partial charge is 0.505 e. The van der Waals surface area contributed by atoms with Crippen molar-refractivity contribution in [3.05, 3.63) is 114 Å². The molecule has 0 heterocycles. The average molecular weight is 960 g/mol. The van der Waals surface area contributed by atoms with Crippen molar-refractivity contribution in [1.82, 2.24) is 0 Å². The van der Waals surface area contributed by atoms with Crippen LogP contribution in [0, 0.1) is 0 Å². The zero-order valence-corrected chi connectivity index (χ0v) is 37.3. The standard InChI is InChI=1S/C42H37N7O14S3/c1-60-35-20-32(36(61-2)19-31(35)45-44-27-11-10-23-15-28(64(51,52)53)18-39(30(23)17-27)65(54,55)56)46-47-33-21-38(63-4)34(22-37(33)62-3)48-49-41-40(66(57,58)59)16-24-14-26(12-13-29(24)42(41)50)43-25-8-6-5-7-9-25/h5-14,16-22,28,43,50H,15H2,1-4H3,(H,51,52,53)(H,54,55,56)(H,57,58,59). The number of benzene rings is 6. The van der Waals surface area contributed by atoms with Crippen molar-refractivity contribution in [3.63, 3.8) is 0 Å². The zero-order valence-electron chi connectivity index (χ0n) is 34.9. The van der Waals surface area contributed by atoms with Gasteiger partial charge in [0.2, 0.25) is 0 Å². The van der Waals surface area contributed by atoms with Crippen molar-refractivity contribution in [3.8, 4) is 28.7 Å². The van der Waals surface area contributed by atoms with Gasteiger partial charge in [-0.3, -0.25) is 13.7 Å². The molecule has 0 amide bonds. The fourth-order valence-corrected chi connectivity index (χ4v) is 9.01. The van der Waals surface area contributed by atoms with Gasteiger partial charge < -0.3 is 29.4 Å². The zero-order chi connectivity index (χ0) is 47.6. The Morgan fingerprint density at radius 2 is 1.11 bits per heavy atom. The van der Waals surface area contributed by atoms with Gasteiger partial charge in [-0.05, 0) is 72.0 Å². The van der Waals surface area contributed by atoms with Crippen molar-refractivity contribution >= 4 is 91.5 Å². The smallest absolute Gasteiger partial charge is 0.296 e. The van der Waals surface area contributed by atoms with Crippen molar-refractivity contribution in [1.29, 1.82) is 0 Å². The molecule has 6 aromatic rings. The summed E-state index contributed by atoms with van der Waals surface area (Å²) >= 11 is 0. The predicted octanol–water partition coefficient (Wildman–Crippen LogP) is 9.86. The molecule has 6 aromatic carbocycles. The lowest BCUT2D eigenvalue weighted by molar-refractivity contribution is 0.403. The van der Waals surface area contributed by atoms with E-state index < -0.39 is 56.8 Å². The monoisotopic (exact) mass is 959 g/mol. The van der Waals surface area contributed by atoms with Crippen LogP contribution in [0.2, 0.25) is 0 Å². The first-order valence-corrected chi connectivity index (χ1v) is 23.3. The Hall–Kier alpha value is -7.35. The summed E-state index contributed by atoms with van der Waals surface area (Å²) < 4.78 is 125. The molecular formula is C42H37N7O14S3. The Morgan fingerprint density at radius 3 is 1.61 bits per heavy atom. The van der Waals surface area contributed by atoms with Crippen molar-refractivity contribution < 1.29 is 63.0 Å². The van der Waals surface area contributed by atoms with Crippen molar-refractivity contribution in [2.45, 2.75) is 16.6 Å². The summed E-state index contributed by atoms with van der Waals surface area (Å²) in [5.41, 5.74) is 1.54. The highest BCUT2D eigenvalue weighted by Crippen LogP contribution is 2.46. The molecule has 0 bridgehead atoms. The number of nitrogens with zero attached hydrogens (tertiary/aromatic N) is 6. The van der Waals surface area contributed by atoms with E-state index in [1.807, 2.05) is 30.3 Å². The molecular weight excluding hydrogens is 923 g/mol. The van der Waals surface area contributed by atoms with Gasteiger partial charge >= 0.3 is 0 Å². The Bertz CT molecular complexity index is 3370. The summed E-state index contributed by atoms with van der Waals surface area (Å²) in [5, 5.41) is 38.6.